The lowest BCUT2D eigenvalue weighted by Crippen LogP contribution is -2.46. The van der Waals surface area contributed by atoms with Crippen molar-refractivity contribution in [3.63, 3.8) is 0 Å². The first-order valence-corrected chi connectivity index (χ1v) is 7.29. The van der Waals surface area contributed by atoms with E-state index in [1.54, 1.807) is 0 Å². The summed E-state index contributed by atoms with van der Waals surface area (Å²) in [7, 11) is 0. The lowest BCUT2D eigenvalue weighted by Gasteiger charge is -2.27. The van der Waals surface area contributed by atoms with E-state index in [1.165, 1.54) is 0 Å². The zero-order valence-electron chi connectivity index (χ0n) is 11.0. The Hall–Kier alpha value is -0.460. The monoisotopic (exact) mass is 329 g/mol. The number of benzene rings is 1. The van der Waals surface area contributed by atoms with Crippen LogP contribution >= 0.6 is 15.9 Å². The van der Waals surface area contributed by atoms with Gasteiger partial charge in [-0.3, -0.25) is 0 Å². The molecule has 0 radical (unpaired) electrons. The smallest absolute Gasteiger partial charge is 0.105 e. The fraction of sp³-hybridized carbons (Fsp3) is 0.571. The molecule has 1 aromatic carbocycles. The minimum atomic E-state index is -0.822. The van der Waals surface area contributed by atoms with Gasteiger partial charge in [-0.15, -0.1) is 0 Å². The Morgan fingerprint density at radius 2 is 2.37 bits per heavy atom. The van der Waals surface area contributed by atoms with Gasteiger partial charge in [-0.1, -0.05) is 28.1 Å². The van der Waals surface area contributed by atoms with E-state index in [4.69, 9.17) is 4.74 Å². The van der Waals surface area contributed by atoms with Crippen LogP contribution in [0.4, 0.5) is 0 Å². The van der Waals surface area contributed by atoms with Gasteiger partial charge >= 0.3 is 0 Å². The van der Waals surface area contributed by atoms with E-state index in [2.05, 4.69) is 21.2 Å². The number of aliphatic hydroxyl groups is 2. The Balaban J connectivity index is 1.82. The first-order valence-electron chi connectivity index (χ1n) is 6.49. The molecular formula is C14H20BrNO3. The van der Waals surface area contributed by atoms with Crippen LogP contribution in [-0.2, 0) is 4.74 Å². The van der Waals surface area contributed by atoms with E-state index < -0.39 is 11.7 Å². The molecule has 3 atom stereocenters. The van der Waals surface area contributed by atoms with Crippen molar-refractivity contribution in [1.82, 2.24) is 5.32 Å². The molecule has 1 saturated heterocycles. The summed E-state index contributed by atoms with van der Waals surface area (Å²) in [6, 6.07) is 7.59. The number of ether oxygens (including phenoxy) is 1. The molecule has 0 saturated carbocycles. The van der Waals surface area contributed by atoms with Crippen LogP contribution < -0.4 is 5.32 Å². The Morgan fingerprint density at radius 3 is 3.00 bits per heavy atom. The third-order valence-corrected chi connectivity index (χ3v) is 4.16. The first kappa shape index (κ1) is 14.9. The van der Waals surface area contributed by atoms with E-state index in [0.717, 1.165) is 10.0 Å². The van der Waals surface area contributed by atoms with Crippen molar-refractivity contribution in [2.45, 2.75) is 31.2 Å². The summed E-state index contributed by atoms with van der Waals surface area (Å²) < 4.78 is 6.31. The molecule has 19 heavy (non-hydrogen) atoms. The number of rotatable bonds is 5. The molecule has 2 rings (SSSR count). The zero-order valence-corrected chi connectivity index (χ0v) is 12.6. The van der Waals surface area contributed by atoms with Crippen LogP contribution in [0.1, 0.15) is 25.0 Å². The Kier molecular flexibility index (Phi) is 4.97. The van der Waals surface area contributed by atoms with Gasteiger partial charge in [0.1, 0.15) is 5.60 Å². The van der Waals surface area contributed by atoms with Crippen LogP contribution in [-0.4, -0.2) is 41.6 Å². The minimum absolute atomic E-state index is 0.164. The predicted molar refractivity (Wildman–Crippen MR) is 77.0 cm³/mol. The molecule has 0 amide bonds. The molecule has 3 unspecified atom stereocenters. The summed E-state index contributed by atoms with van der Waals surface area (Å²) in [4.78, 5) is 0. The van der Waals surface area contributed by atoms with E-state index in [1.807, 2.05) is 31.2 Å². The van der Waals surface area contributed by atoms with Crippen LogP contribution in [0.5, 0.6) is 0 Å². The van der Waals surface area contributed by atoms with Crippen molar-refractivity contribution < 1.29 is 14.9 Å². The SMILES string of the molecule is CC1OCCC1(O)CNCC(O)c1cccc(Br)c1. The van der Waals surface area contributed by atoms with Crippen LogP contribution in [0.2, 0.25) is 0 Å². The molecule has 106 valence electrons. The van der Waals surface area contributed by atoms with Crippen molar-refractivity contribution in [3.05, 3.63) is 34.3 Å². The van der Waals surface area contributed by atoms with Crippen LogP contribution in [0, 0.1) is 0 Å². The standard InChI is InChI=1S/C14H20BrNO3/c1-10-14(18,5-6-19-10)9-16-8-13(17)11-3-2-4-12(15)7-11/h2-4,7,10,13,16-18H,5-6,8-9H2,1H3. The second kappa shape index (κ2) is 6.33. The third kappa shape index (κ3) is 3.77. The molecule has 5 heteroatoms. The highest BCUT2D eigenvalue weighted by molar-refractivity contribution is 9.10. The number of hydrogen-bond acceptors (Lipinski definition) is 4. The van der Waals surface area contributed by atoms with E-state index in [-0.39, 0.29) is 6.10 Å². The third-order valence-electron chi connectivity index (χ3n) is 3.66. The fourth-order valence-electron chi connectivity index (χ4n) is 2.26. The summed E-state index contributed by atoms with van der Waals surface area (Å²) in [6.07, 6.45) is -0.115. The average molecular weight is 330 g/mol. The second-order valence-corrected chi connectivity index (χ2v) is 5.98. The van der Waals surface area contributed by atoms with Gasteiger partial charge in [0.15, 0.2) is 0 Å². The van der Waals surface area contributed by atoms with Gasteiger partial charge in [-0.05, 0) is 24.6 Å². The lowest BCUT2D eigenvalue weighted by molar-refractivity contribution is -0.0274. The molecule has 1 aromatic rings. The van der Waals surface area contributed by atoms with Gasteiger partial charge < -0.3 is 20.3 Å². The van der Waals surface area contributed by atoms with E-state index in [0.29, 0.717) is 26.1 Å². The van der Waals surface area contributed by atoms with Crippen LogP contribution in [0.25, 0.3) is 0 Å². The van der Waals surface area contributed by atoms with E-state index in [9.17, 15) is 10.2 Å². The normalized spacial score (nSPS) is 28.5. The van der Waals surface area contributed by atoms with Crippen molar-refractivity contribution >= 4 is 15.9 Å². The first-order chi connectivity index (χ1) is 9.01. The van der Waals surface area contributed by atoms with Gasteiger partial charge in [-0.25, -0.2) is 0 Å². The van der Waals surface area contributed by atoms with Gasteiger partial charge in [0.2, 0.25) is 0 Å². The molecule has 1 heterocycles. The van der Waals surface area contributed by atoms with Crippen LogP contribution in [0.3, 0.4) is 0 Å². The maximum absolute atomic E-state index is 10.3. The van der Waals surface area contributed by atoms with E-state index >= 15 is 0 Å². The van der Waals surface area contributed by atoms with Crippen molar-refractivity contribution in [3.8, 4) is 0 Å². The predicted octanol–water partition coefficient (Wildman–Crippen LogP) is 1.61. The molecule has 0 aliphatic carbocycles. The average Bonchev–Trinajstić information content (AvgIpc) is 2.70. The molecule has 4 nitrogen and oxygen atoms in total. The van der Waals surface area contributed by atoms with Gasteiger partial charge in [0, 0.05) is 30.6 Å². The fourth-order valence-corrected chi connectivity index (χ4v) is 2.68. The highest BCUT2D eigenvalue weighted by Gasteiger charge is 2.39. The summed E-state index contributed by atoms with van der Waals surface area (Å²) >= 11 is 3.38. The molecule has 0 aromatic heterocycles. The van der Waals surface area contributed by atoms with Gasteiger partial charge in [0.05, 0.1) is 12.2 Å². The Labute approximate surface area is 121 Å². The van der Waals surface area contributed by atoms with Crippen molar-refractivity contribution in [2.75, 3.05) is 19.7 Å². The van der Waals surface area contributed by atoms with Crippen LogP contribution in [0.15, 0.2) is 28.7 Å². The highest BCUT2D eigenvalue weighted by atomic mass is 79.9. The summed E-state index contributed by atoms with van der Waals surface area (Å²) in [5.74, 6) is 0. The number of hydrogen-bond donors (Lipinski definition) is 3. The maximum atomic E-state index is 10.3. The number of nitrogens with one attached hydrogen (secondary N) is 1. The topological polar surface area (TPSA) is 61.7 Å². The molecule has 3 N–H and O–H groups in total. The Morgan fingerprint density at radius 1 is 1.58 bits per heavy atom. The lowest BCUT2D eigenvalue weighted by atomic mass is 9.96. The highest BCUT2D eigenvalue weighted by Crippen LogP contribution is 2.25. The minimum Gasteiger partial charge on any atom is -0.387 e. The molecular weight excluding hydrogens is 310 g/mol. The Bertz CT molecular complexity index is 429. The molecule has 1 aliphatic heterocycles. The summed E-state index contributed by atoms with van der Waals surface area (Å²) in [5, 5.41) is 23.5. The molecule has 0 spiro atoms. The molecule has 1 aliphatic rings. The second-order valence-electron chi connectivity index (χ2n) is 5.07. The quantitative estimate of drug-likeness (QED) is 0.768. The summed E-state index contributed by atoms with van der Waals surface area (Å²) in [6.45, 7) is 3.30. The largest absolute Gasteiger partial charge is 0.387 e. The number of aliphatic hydroxyl groups excluding tert-OH is 1. The molecule has 0 bridgehead atoms. The van der Waals surface area contributed by atoms with Gasteiger partial charge in [-0.2, -0.15) is 0 Å². The number of halogens is 1. The van der Waals surface area contributed by atoms with Crippen molar-refractivity contribution in [2.24, 2.45) is 0 Å². The van der Waals surface area contributed by atoms with Crippen molar-refractivity contribution in [1.29, 1.82) is 0 Å². The maximum Gasteiger partial charge on any atom is 0.105 e. The van der Waals surface area contributed by atoms with Gasteiger partial charge in [0.25, 0.3) is 0 Å². The zero-order chi connectivity index (χ0) is 13.9. The summed E-state index contributed by atoms with van der Waals surface area (Å²) in [5.41, 5.74) is 0.0290. The molecule has 1 fully saturated rings.